The van der Waals surface area contributed by atoms with Gasteiger partial charge in [-0.2, -0.15) is 0 Å². The highest BCUT2D eigenvalue weighted by Gasteiger charge is 2.16. The average molecular weight is 326 g/mol. The third kappa shape index (κ3) is 3.83. The van der Waals surface area contributed by atoms with Crippen LogP contribution in [0.2, 0.25) is 0 Å². The highest BCUT2D eigenvalue weighted by atomic mass is 16.6. The van der Waals surface area contributed by atoms with Crippen LogP contribution in [0.25, 0.3) is 6.08 Å². The predicted octanol–water partition coefficient (Wildman–Crippen LogP) is 3.34. The van der Waals surface area contributed by atoms with Crippen LogP contribution < -0.4 is 5.32 Å². The Kier molecular flexibility index (Phi) is 5.06. The van der Waals surface area contributed by atoms with Gasteiger partial charge in [0.25, 0.3) is 5.69 Å². The summed E-state index contributed by atoms with van der Waals surface area (Å²) in [6.07, 6.45) is 1.16. The van der Waals surface area contributed by atoms with Crippen molar-refractivity contribution in [3.05, 3.63) is 75.5 Å². The Labute approximate surface area is 137 Å². The van der Waals surface area contributed by atoms with Crippen LogP contribution in [0.4, 0.5) is 11.4 Å². The number of carbonyl (C=O) groups is 2. The molecular weight excluding hydrogens is 312 g/mol. The summed E-state index contributed by atoms with van der Waals surface area (Å²) < 4.78 is 0. The number of nitro benzene ring substituents is 1. The summed E-state index contributed by atoms with van der Waals surface area (Å²) in [7, 11) is 0. The smallest absolute Gasteiger partial charge is 0.352 e. The third-order valence-electron chi connectivity index (χ3n) is 3.24. The Morgan fingerprint density at radius 2 is 1.75 bits per heavy atom. The van der Waals surface area contributed by atoms with Crippen LogP contribution in [-0.2, 0) is 4.79 Å². The number of carbonyl (C=O) groups excluding carboxylic acids is 1. The number of hydrogen-bond acceptors (Lipinski definition) is 5. The highest BCUT2D eigenvalue weighted by molar-refractivity contribution is 6.02. The number of aliphatic carboxylic acids is 1. The number of ketones is 1. The van der Waals surface area contributed by atoms with Gasteiger partial charge in [-0.15, -0.1) is 0 Å². The number of hydrogen-bond donors (Lipinski definition) is 2. The molecule has 0 aliphatic heterocycles. The average Bonchev–Trinajstić information content (AvgIpc) is 2.54. The number of anilines is 1. The first-order valence-electron chi connectivity index (χ1n) is 6.95. The van der Waals surface area contributed by atoms with Crippen LogP contribution in [0.5, 0.6) is 0 Å². The normalized spacial score (nSPS) is 11.0. The molecule has 0 saturated heterocycles. The third-order valence-corrected chi connectivity index (χ3v) is 3.24. The van der Waals surface area contributed by atoms with Gasteiger partial charge >= 0.3 is 5.97 Å². The Hall–Kier alpha value is -3.48. The lowest BCUT2D eigenvalue weighted by molar-refractivity contribution is -0.385. The second-order valence-electron chi connectivity index (χ2n) is 4.91. The lowest BCUT2D eigenvalue weighted by atomic mass is 10.1. The van der Waals surface area contributed by atoms with E-state index in [4.69, 9.17) is 0 Å². The summed E-state index contributed by atoms with van der Waals surface area (Å²) in [5, 5.41) is 23.1. The number of rotatable bonds is 6. The number of carboxylic acid groups (broad SMARTS) is 1. The molecular formula is C17H14N2O5. The van der Waals surface area contributed by atoms with E-state index < -0.39 is 10.9 Å². The second-order valence-corrected chi connectivity index (χ2v) is 4.91. The van der Waals surface area contributed by atoms with E-state index >= 15 is 0 Å². The van der Waals surface area contributed by atoms with Crippen molar-refractivity contribution in [2.45, 2.75) is 6.92 Å². The molecule has 0 radical (unpaired) electrons. The van der Waals surface area contributed by atoms with Gasteiger partial charge in [0, 0.05) is 17.3 Å². The van der Waals surface area contributed by atoms with Gasteiger partial charge in [0.05, 0.1) is 10.5 Å². The molecule has 0 spiro atoms. The molecule has 0 atom stereocenters. The second kappa shape index (κ2) is 7.19. The van der Waals surface area contributed by atoms with E-state index in [0.29, 0.717) is 11.3 Å². The van der Waals surface area contributed by atoms with Crippen LogP contribution in [0, 0.1) is 10.1 Å². The molecule has 0 aliphatic rings. The molecule has 0 aromatic heterocycles. The van der Waals surface area contributed by atoms with E-state index in [2.05, 4.69) is 5.32 Å². The number of nitrogens with one attached hydrogen (secondary N) is 1. The molecule has 0 bridgehead atoms. The van der Waals surface area contributed by atoms with Gasteiger partial charge in [-0.05, 0) is 31.2 Å². The molecule has 0 heterocycles. The van der Waals surface area contributed by atoms with Crippen molar-refractivity contribution in [2.75, 3.05) is 5.32 Å². The van der Waals surface area contributed by atoms with E-state index in [1.165, 1.54) is 25.1 Å². The van der Waals surface area contributed by atoms with Gasteiger partial charge in [-0.25, -0.2) is 4.79 Å². The minimum absolute atomic E-state index is 0.146. The first kappa shape index (κ1) is 16.9. The van der Waals surface area contributed by atoms with E-state index in [0.717, 1.165) is 6.08 Å². The maximum atomic E-state index is 11.6. The van der Waals surface area contributed by atoms with E-state index in [-0.39, 0.29) is 22.7 Å². The zero-order chi connectivity index (χ0) is 17.7. The first-order chi connectivity index (χ1) is 11.4. The molecule has 24 heavy (non-hydrogen) atoms. The number of carboxylic acids is 1. The molecule has 122 valence electrons. The number of para-hydroxylation sites is 2. The minimum atomic E-state index is -1.30. The highest BCUT2D eigenvalue weighted by Crippen LogP contribution is 2.23. The summed E-state index contributed by atoms with van der Waals surface area (Å²) >= 11 is 0. The Bertz CT molecular complexity index is 842. The summed E-state index contributed by atoms with van der Waals surface area (Å²) in [4.78, 5) is 33.6. The predicted molar refractivity (Wildman–Crippen MR) is 88.8 cm³/mol. The number of nitrogens with zero attached hydrogens (tertiary/aromatic N) is 1. The molecule has 2 aromatic carbocycles. The quantitative estimate of drug-likeness (QED) is 0.365. The van der Waals surface area contributed by atoms with Crippen molar-refractivity contribution in [1.29, 1.82) is 0 Å². The number of Topliss-reactive ketones (excluding diaryl/α,β-unsaturated/α-hetero) is 1. The van der Waals surface area contributed by atoms with Crippen LogP contribution in [0.1, 0.15) is 22.8 Å². The number of nitro groups is 1. The molecule has 0 unspecified atom stereocenters. The maximum Gasteiger partial charge on any atom is 0.352 e. The molecule has 0 aliphatic carbocycles. The van der Waals surface area contributed by atoms with E-state index in [1.54, 1.807) is 30.3 Å². The van der Waals surface area contributed by atoms with Gasteiger partial charge < -0.3 is 10.4 Å². The molecule has 2 N–H and O–H groups in total. The lowest BCUT2D eigenvalue weighted by Gasteiger charge is -2.11. The van der Waals surface area contributed by atoms with Crippen molar-refractivity contribution in [3.63, 3.8) is 0 Å². The van der Waals surface area contributed by atoms with Crippen molar-refractivity contribution in [2.24, 2.45) is 0 Å². The Morgan fingerprint density at radius 3 is 2.38 bits per heavy atom. The fourth-order valence-corrected chi connectivity index (χ4v) is 2.13. The molecule has 0 saturated carbocycles. The molecule has 0 fully saturated rings. The van der Waals surface area contributed by atoms with Crippen molar-refractivity contribution < 1.29 is 19.6 Å². The number of benzene rings is 2. The van der Waals surface area contributed by atoms with Crippen molar-refractivity contribution >= 4 is 29.2 Å². The fraction of sp³-hybridized carbons (Fsp3) is 0.0588. The standard InChI is InChI=1S/C17H14N2O5/c1-11(20)13-7-3-4-8-14(13)18-15(17(21)22)10-12-6-2-5-9-16(12)19(23)24/h2-10,18H,1H3,(H,21,22)/b15-10+. The fourth-order valence-electron chi connectivity index (χ4n) is 2.13. The van der Waals surface area contributed by atoms with Crippen molar-refractivity contribution in [3.8, 4) is 0 Å². The van der Waals surface area contributed by atoms with Crippen molar-refractivity contribution in [1.82, 2.24) is 0 Å². The molecule has 7 heteroatoms. The zero-order valence-corrected chi connectivity index (χ0v) is 12.7. The van der Waals surface area contributed by atoms with Crippen LogP contribution >= 0.6 is 0 Å². The zero-order valence-electron chi connectivity index (χ0n) is 12.7. The molecule has 2 aromatic rings. The molecule has 2 rings (SSSR count). The molecule has 0 amide bonds. The first-order valence-corrected chi connectivity index (χ1v) is 6.95. The monoisotopic (exact) mass is 326 g/mol. The van der Waals surface area contributed by atoms with Crippen LogP contribution in [0.3, 0.4) is 0 Å². The summed E-state index contributed by atoms with van der Waals surface area (Å²) in [6, 6.07) is 12.2. The van der Waals surface area contributed by atoms with E-state index in [1.807, 2.05) is 0 Å². The Balaban J connectivity index is 2.47. The summed E-state index contributed by atoms with van der Waals surface area (Å²) in [5.41, 5.74) is 0.299. The van der Waals surface area contributed by atoms with Gasteiger partial charge in [-0.3, -0.25) is 14.9 Å². The minimum Gasteiger partial charge on any atom is -0.477 e. The maximum absolute atomic E-state index is 11.6. The van der Waals surface area contributed by atoms with Crippen LogP contribution in [0.15, 0.2) is 54.2 Å². The molecule has 7 nitrogen and oxygen atoms in total. The summed E-state index contributed by atoms with van der Waals surface area (Å²) in [6.45, 7) is 1.37. The lowest BCUT2D eigenvalue weighted by Crippen LogP contribution is -2.12. The van der Waals surface area contributed by atoms with Gasteiger partial charge in [0.2, 0.25) is 0 Å². The van der Waals surface area contributed by atoms with Gasteiger partial charge in [0.1, 0.15) is 5.70 Å². The van der Waals surface area contributed by atoms with Gasteiger partial charge in [0.15, 0.2) is 5.78 Å². The summed E-state index contributed by atoms with van der Waals surface area (Å²) in [5.74, 6) is -1.53. The Morgan fingerprint density at radius 1 is 1.12 bits per heavy atom. The topological polar surface area (TPSA) is 110 Å². The SMILES string of the molecule is CC(=O)c1ccccc1N/C(=C/c1ccccc1[N+](=O)[O-])C(=O)O. The van der Waals surface area contributed by atoms with Gasteiger partial charge in [-0.1, -0.05) is 24.3 Å². The van der Waals surface area contributed by atoms with Crippen LogP contribution in [-0.4, -0.2) is 21.8 Å². The van der Waals surface area contributed by atoms with E-state index in [9.17, 15) is 24.8 Å². The largest absolute Gasteiger partial charge is 0.477 e.